The summed E-state index contributed by atoms with van der Waals surface area (Å²) < 4.78 is 3.78. The molecule has 130 valence electrons. The molecule has 1 aromatic carbocycles. The van der Waals surface area contributed by atoms with Crippen molar-refractivity contribution >= 4 is 30.9 Å². The van der Waals surface area contributed by atoms with Gasteiger partial charge in [-0.05, 0) is 30.7 Å². The van der Waals surface area contributed by atoms with Crippen molar-refractivity contribution in [3.05, 3.63) is 35.9 Å². The van der Waals surface area contributed by atoms with Crippen LogP contribution in [-0.4, -0.2) is 8.07 Å². The molecular weight excluding hydrogens is 409 g/mol. The highest BCUT2D eigenvalue weighted by atomic mass is 127. The van der Waals surface area contributed by atoms with Crippen LogP contribution in [0.3, 0.4) is 0 Å². The highest BCUT2D eigenvalue weighted by molar-refractivity contribution is 14.1. The Morgan fingerprint density at radius 1 is 1.04 bits per heavy atom. The molecule has 0 radical (unpaired) electrons. The number of rotatable bonds is 8. The van der Waals surface area contributed by atoms with Crippen LogP contribution < -0.4 is 3.53 Å². The zero-order valence-corrected chi connectivity index (χ0v) is 18.4. The predicted octanol–water partition coefficient (Wildman–Crippen LogP) is 6.91. The SMILES string of the molecule is C[Si](C)(C)CCCCC(NI)(c1ccccc1)C1CCCCC1. The van der Waals surface area contributed by atoms with Crippen LogP contribution in [0.1, 0.15) is 56.9 Å². The summed E-state index contributed by atoms with van der Waals surface area (Å²) in [5.41, 5.74) is 1.69. The van der Waals surface area contributed by atoms with E-state index in [2.05, 4.69) is 76.4 Å². The van der Waals surface area contributed by atoms with Gasteiger partial charge < -0.3 is 0 Å². The zero-order chi connectivity index (χ0) is 16.8. The molecule has 0 heterocycles. The fourth-order valence-corrected chi connectivity index (χ4v) is 6.49. The van der Waals surface area contributed by atoms with Crippen LogP contribution >= 0.6 is 22.9 Å². The van der Waals surface area contributed by atoms with Crippen LogP contribution in [0.15, 0.2) is 30.3 Å². The van der Waals surface area contributed by atoms with E-state index in [1.807, 2.05) is 0 Å². The third kappa shape index (κ3) is 5.57. The zero-order valence-electron chi connectivity index (χ0n) is 15.2. The van der Waals surface area contributed by atoms with Gasteiger partial charge in [-0.3, -0.25) is 3.53 Å². The van der Waals surface area contributed by atoms with Gasteiger partial charge in [0, 0.05) is 30.9 Å². The molecule has 0 spiro atoms. The fraction of sp³-hybridized carbons (Fsp3) is 0.700. The summed E-state index contributed by atoms with van der Waals surface area (Å²) in [5, 5.41) is 0. The number of nitrogens with one attached hydrogen (secondary N) is 1. The molecule has 1 aliphatic carbocycles. The Bertz CT molecular complexity index is 450. The smallest absolute Gasteiger partial charge is 0.0552 e. The number of benzene rings is 1. The van der Waals surface area contributed by atoms with Gasteiger partial charge in [0.15, 0.2) is 0 Å². The molecule has 1 N–H and O–H groups in total. The van der Waals surface area contributed by atoms with Crippen molar-refractivity contribution in [1.29, 1.82) is 0 Å². The molecule has 1 fully saturated rings. The van der Waals surface area contributed by atoms with Crippen LogP contribution in [0, 0.1) is 5.92 Å². The van der Waals surface area contributed by atoms with Gasteiger partial charge in [-0.1, -0.05) is 88.1 Å². The van der Waals surface area contributed by atoms with Gasteiger partial charge >= 0.3 is 0 Å². The molecule has 0 bridgehead atoms. The quantitative estimate of drug-likeness (QED) is 0.199. The van der Waals surface area contributed by atoms with E-state index in [4.69, 9.17) is 0 Å². The summed E-state index contributed by atoms with van der Waals surface area (Å²) in [6, 6.07) is 12.7. The summed E-state index contributed by atoms with van der Waals surface area (Å²) in [5.74, 6) is 0.794. The van der Waals surface area contributed by atoms with Crippen LogP contribution in [-0.2, 0) is 5.54 Å². The van der Waals surface area contributed by atoms with Crippen molar-refractivity contribution in [2.24, 2.45) is 5.92 Å². The van der Waals surface area contributed by atoms with Gasteiger partial charge in [-0.2, -0.15) is 0 Å². The lowest BCUT2D eigenvalue weighted by Crippen LogP contribution is -2.45. The first-order valence-corrected chi connectivity index (χ1v) is 14.2. The Hall–Kier alpha value is 0.127. The minimum Gasteiger partial charge on any atom is -0.250 e. The van der Waals surface area contributed by atoms with E-state index in [9.17, 15) is 0 Å². The third-order valence-electron chi connectivity index (χ3n) is 5.51. The third-order valence-corrected chi connectivity index (χ3v) is 8.32. The molecule has 2 rings (SSSR count). The summed E-state index contributed by atoms with van der Waals surface area (Å²) in [6.45, 7) is 7.49. The average Bonchev–Trinajstić information content (AvgIpc) is 2.56. The Balaban J connectivity index is 2.13. The Labute approximate surface area is 158 Å². The van der Waals surface area contributed by atoms with E-state index in [1.165, 1.54) is 63.0 Å². The minimum atomic E-state index is -0.905. The monoisotopic (exact) mass is 443 g/mol. The fourth-order valence-electron chi connectivity index (χ4n) is 4.15. The lowest BCUT2D eigenvalue weighted by Gasteiger charge is -2.43. The molecule has 0 aliphatic heterocycles. The molecule has 1 aromatic rings. The van der Waals surface area contributed by atoms with Crippen LogP contribution in [0.5, 0.6) is 0 Å². The Morgan fingerprint density at radius 2 is 1.70 bits per heavy atom. The molecule has 0 amide bonds. The van der Waals surface area contributed by atoms with Gasteiger partial charge in [-0.15, -0.1) is 0 Å². The number of hydrogen-bond donors (Lipinski definition) is 1. The van der Waals surface area contributed by atoms with Crippen molar-refractivity contribution in [1.82, 2.24) is 3.53 Å². The first kappa shape index (κ1) is 19.5. The normalized spacial score (nSPS) is 19.5. The van der Waals surface area contributed by atoms with Crippen molar-refractivity contribution in [3.8, 4) is 0 Å². The average molecular weight is 443 g/mol. The standard InChI is InChI=1S/C20H34INSi/c1-23(2,3)17-11-10-16-20(22-21,18-12-6-4-7-13-18)19-14-8-5-9-15-19/h4,6-7,12-13,19,22H,5,8-11,14-17H2,1-3H3. The maximum absolute atomic E-state index is 3.78. The molecule has 23 heavy (non-hydrogen) atoms. The molecule has 1 aliphatic rings. The van der Waals surface area contributed by atoms with E-state index in [0.29, 0.717) is 0 Å². The maximum Gasteiger partial charge on any atom is 0.0552 e. The molecular formula is C20H34INSi. The van der Waals surface area contributed by atoms with Crippen LogP contribution in [0.2, 0.25) is 25.7 Å². The van der Waals surface area contributed by atoms with E-state index in [0.717, 1.165) is 5.92 Å². The second-order valence-electron chi connectivity index (χ2n) is 8.53. The second-order valence-corrected chi connectivity index (χ2v) is 14.7. The highest BCUT2D eigenvalue weighted by Gasteiger charge is 2.39. The van der Waals surface area contributed by atoms with Crippen molar-refractivity contribution in [2.75, 3.05) is 0 Å². The summed E-state index contributed by atoms with van der Waals surface area (Å²) >= 11 is 2.43. The molecule has 1 saturated carbocycles. The largest absolute Gasteiger partial charge is 0.250 e. The summed E-state index contributed by atoms with van der Waals surface area (Å²) in [6.07, 6.45) is 11.1. The number of halogens is 1. The topological polar surface area (TPSA) is 12.0 Å². The second kappa shape index (κ2) is 9.00. The lowest BCUT2D eigenvalue weighted by molar-refractivity contribution is 0.179. The van der Waals surface area contributed by atoms with Crippen molar-refractivity contribution < 1.29 is 0 Å². The lowest BCUT2D eigenvalue weighted by atomic mass is 9.69. The van der Waals surface area contributed by atoms with Gasteiger partial charge in [-0.25, -0.2) is 0 Å². The number of unbranched alkanes of at least 4 members (excludes halogenated alkanes) is 1. The molecule has 3 heteroatoms. The summed E-state index contributed by atoms with van der Waals surface area (Å²) in [4.78, 5) is 0. The molecule has 1 unspecified atom stereocenters. The molecule has 0 aromatic heterocycles. The number of hydrogen-bond acceptors (Lipinski definition) is 1. The van der Waals surface area contributed by atoms with E-state index in [-0.39, 0.29) is 5.54 Å². The van der Waals surface area contributed by atoms with Crippen molar-refractivity contribution in [3.63, 3.8) is 0 Å². The predicted molar refractivity (Wildman–Crippen MR) is 114 cm³/mol. The summed E-state index contributed by atoms with van der Waals surface area (Å²) in [7, 11) is -0.905. The van der Waals surface area contributed by atoms with Crippen molar-refractivity contribution in [2.45, 2.75) is 82.6 Å². The minimum absolute atomic E-state index is 0.182. The highest BCUT2D eigenvalue weighted by Crippen LogP contribution is 2.43. The molecule has 1 atom stereocenters. The molecule has 1 nitrogen and oxygen atoms in total. The first-order valence-electron chi connectivity index (χ1n) is 9.41. The van der Waals surface area contributed by atoms with Gasteiger partial charge in [0.05, 0.1) is 5.54 Å². The van der Waals surface area contributed by atoms with E-state index in [1.54, 1.807) is 0 Å². The van der Waals surface area contributed by atoms with E-state index < -0.39 is 8.07 Å². The molecule has 0 saturated heterocycles. The van der Waals surface area contributed by atoms with Gasteiger partial charge in [0.25, 0.3) is 0 Å². The Morgan fingerprint density at radius 3 is 2.26 bits per heavy atom. The van der Waals surface area contributed by atoms with Crippen LogP contribution in [0.4, 0.5) is 0 Å². The first-order chi connectivity index (χ1) is 11.0. The van der Waals surface area contributed by atoms with Crippen LogP contribution in [0.25, 0.3) is 0 Å². The van der Waals surface area contributed by atoms with E-state index >= 15 is 0 Å². The Kier molecular flexibility index (Phi) is 7.61. The maximum atomic E-state index is 3.78. The van der Waals surface area contributed by atoms with Gasteiger partial charge in [0.2, 0.25) is 0 Å². The van der Waals surface area contributed by atoms with Gasteiger partial charge in [0.1, 0.15) is 0 Å².